The molecule has 1 saturated heterocycles. The SMILES string of the molecule is CCOC(=O)c1sc(CC[C@H]2COC(C)(C)O2)cc1C. The van der Waals surface area contributed by atoms with Crippen LogP contribution in [0.3, 0.4) is 0 Å². The smallest absolute Gasteiger partial charge is 0.348 e. The first-order chi connectivity index (χ1) is 9.41. The molecule has 0 unspecified atom stereocenters. The fraction of sp³-hybridized carbons (Fsp3) is 0.667. The Kier molecular flexibility index (Phi) is 4.83. The minimum atomic E-state index is -0.466. The van der Waals surface area contributed by atoms with E-state index in [-0.39, 0.29) is 12.1 Å². The molecule has 2 rings (SSSR count). The Morgan fingerprint density at radius 1 is 1.55 bits per heavy atom. The third-order valence-corrected chi connectivity index (χ3v) is 4.49. The van der Waals surface area contributed by atoms with E-state index in [2.05, 4.69) is 6.07 Å². The van der Waals surface area contributed by atoms with Crippen LogP contribution in [0.25, 0.3) is 0 Å². The molecule has 112 valence electrons. The fourth-order valence-corrected chi connectivity index (χ4v) is 3.36. The van der Waals surface area contributed by atoms with Crippen molar-refractivity contribution in [1.82, 2.24) is 0 Å². The highest BCUT2D eigenvalue weighted by Crippen LogP contribution is 2.28. The highest BCUT2D eigenvalue weighted by Gasteiger charge is 2.32. The zero-order chi connectivity index (χ0) is 14.8. The second-order valence-electron chi connectivity index (χ2n) is 5.43. The lowest BCUT2D eigenvalue weighted by Gasteiger charge is -2.16. The van der Waals surface area contributed by atoms with Crippen molar-refractivity contribution in [1.29, 1.82) is 0 Å². The monoisotopic (exact) mass is 298 g/mol. The van der Waals surface area contributed by atoms with Crippen LogP contribution in [0.1, 0.15) is 47.3 Å². The Morgan fingerprint density at radius 3 is 2.90 bits per heavy atom. The average molecular weight is 298 g/mol. The van der Waals surface area contributed by atoms with E-state index in [1.54, 1.807) is 0 Å². The molecule has 20 heavy (non-hydrogen) atoms. The van der Waals surface area contributed by atoms with Gasteiger partial charge in [-0.05, 0) is 52.2 Å². The quantitative estimate of drug-likeness (QED) is 0.782. The van der Waals surface area contributed by atoms with Gasteiger partial charge in [0.25, 0.3) is 0 Å². The molecule has 1 fully saturated rings. The van der Waals surface area contributed by atoms with E-state index in [1.807, 2.05) is 27.7 Å². The van der Waals surface area contributed by atoms with Crippen LogP contribution in [-0.4, -0.2) is 31.1 Å². The van der Waals surface area contributed by atoms with E-state index in [4.69, 9.17) is 14.2 Å². The summed E-state index contributed by atoms with van der Waals surface area (Å²) >= 11 is 1.52. The molecule has 0 bridgehead atoms. The van der Waals surface area contributed by atoms with Crippen molar-refractivity contribution in [2.75, 3.05) is 13.2 Å². The Balaban J connectivity index is 1.91. The van der Waals surface area contributed by atoms with Gasteiger partial charge >= 0.3 is 5.97 Å². The number of aryl methyl sites for hydroxylation is 2. The van der Waals surface area contributed by atoms with Crippen molar-refractivity contribution in [2.24, 2.45) is 0 Å². The van der Waals surface area contributed by atoms with Gasteiger partial charge in [-0.25, -0.2) is 4.79 Å². The first kappa shape index (κ1) is 15.5. The van der Waals surface area contributed by atoms with Crippen molar-refractivity contribution >= 4 is 17.3 Å². The molecular weight excluding hydrogens is 276 g/mol. The summed E-state index contributed by atoms with van der Waals surface area (Å²) in [6.45, 7) is 8.68. The van der Waals surface area contributed by atoms with E-state index >= 15 is 0 Å². The summed E-state index contributed by atoms with van der Waals surface area (Å²) in [6.07, 6.45) is 1.94. The Hall–Kier alpha value is -0.910. The molecule has 0 aliphatic carbocycles. The van der Waals surface area contributed by atoms with Gasteiger partial charge in [0.2, 0.25) is 0 Å². The molecule has 5 heteroatoms. The molecule has 0 radical (unpaired) electrons. The average Bonchev–Trinajstić information content (AvgIpc) is 2.90. The van der Waals surface area contributed by atoms with Crippen LogP contribution in [-0.2, 0) is 20.6 Å². The maximum absolute atomic E-state index is 11.8. The molecule has 0 N–H and O–H groups in total. The van der Waals surface area contributed by atoms with Crippen LogP contribution in [0.5, 0.6) is 0 Å². The lowest BCUT2D eigenvalue weighted by molar-refractivity contribution is -0.138. The lowest BCUT2D eigenvalue weighted by Crippen LogP contribution is -2.21. The number of carbonyl (C=O) groups excluding carboxylic acids is 1. The van der Waals surface area contributed by atoms with Gasteiger partial charge in [-0.1, -0.05) is 0 Å². The molecule has 1 aromatic heterocycles. The highest BCUT2D eigenvalue weighted by atomic mass is 32.1. The maximum Gasteiger partial charge on any atom is 0.348 e. The van der Waals surface area contributed by atoms with Gasteiger partial charge in [0.1, 0.15) is 4.88 Å². The van der Waals surface area contributed by atoms with E-state index in [0.717, 1.165) is 18.4 Å². The predicted molar refractivity (Wildman–Crippen MR) is 78.2 cm³/mol. The first-order valence-corrected chi connectivity index (χ1v) is 7.81. The Bertz CT molecular complexity index is 478. The van der Waals surface area contributed by atoms with E-state index in [9.17, 15) is 4.79 Å². The van der Waals surface area contributed by atoms with Crippen molar-refractivity contribution in [2.45, 2.75) is 52.4 Å². The topological polar surface area (TPSA) is 44.8 Å². The van der Waals surface area contributed by atoms with Crippen molar-refractivity contribution in [3.63, 3.8) is 0 Å². The summed E-state index contributed by atoms with van der Waals surface area (Å²) in [4.78, 5) is 13.7. The highest BCUT2D eigenvalue weighted by molar-refractivity contribution is 7.14. The van der Waals surface area contributed by atoms with E-state index < -0.39 is 5.79 Å². The number of hydrogen-bond acceptors (Lipinski definition) is 5. The van der Waals surface area contributed by atoms with Gasteiger partial charge in [-0.3, -0.25) is 0 Å². The van der Waals surface area contributed by atoms with Gasteiger partial charge < -0.3 is 14.2 Å². The van der Waals surface area contributed by atoms with Crippen LogP contribution in [0, 0.1) is 6.92 Å². The standard InChI is InChI=1S/C15H22O4S/c1-5-17-14(16)13-10(2)8-12(20-13)7-6-11-9-18-15(3,4)19-11/h8,11H,5-7,9H2,1-4H3/t11-/m0/s1. The zero-order valence-electron chi connectivity index (χ0n) is 12.5. The number of hydrogen-bond donors (Lipinski definition) is 0. The molecule has 0 saturated carbocycles. The van der Waals surface area contributed by atoms with Crippen molar-refractivity contribution in [3.05, 3.63) is 21.4 Å². The maximum atomic E-state index is 11.8. The number of rotatable bonds is 5. The predicted octanol–water partition coefficient (Wildman–Crippen LogP) is 3.32. The van der Waals surface area contributed by atoms with Crippen LogP contribution in [0.2, 0.25) is 0 Å². The second-order valence-corrected chi connectivity index (χ2v) is 6.57. The van der Waals surface area contributed by atoms with Crippen LogP contribution >= 0.6 is 11.3 Å². The summed E-state index contributed by atoms with van der Waals surface area (Å²) in [5.41, 5.74) is 0.993. The molecule has 0 aromatic carbocycles. The normalized spacial score (nSPS) is 21.1. The summed E-state index contributed by atoms with van der Waals surface area (Å²) < 4.78 is 16.4. The molecule has 0 amide bonds. The summed E-state index contributed by atoms with van der Waals surface area (Å²) in [5, 5.41) is 0. The summed E-state index contributed by atoms with van der Waals surface area (Å²) in [6, 6.07) is 2.07. The zero-order valence-corrected chi connectivity index (χ0v) is 13.3. The molecule has 4 nitrogen and oxygen atoms in total. The Morgan fingerprint density at radius 2 is 2.30 bits per heavy atom. The molecule has 1 aromatic rings. The van der Waals surface area contributed by atoms with Crippen molar-refractivity contribution < 1.29 is 19.0 Å². The molecule has 0 spiro atoms. The summed E-state index contributed by atoms with van der Waals surface area (Å²) in [5.74, 6) is -0.686. The molecule has 1 atom stereocenters. The van der Waals surface area contributed by atoms with Crippen molar-refractivity contribution in [3.8, 4) is 0 Å². The third-order valence-electron chi connectivity index (χ3n) is 3.21. The summed E-state index contributed by atoms with van der Waals surface area (Å²) in [7, 11) is 0. The first-order valence-electron chi connectivity index (χ1n) is 6.99. The fourth-order valence-electron chi connectivity index (χ4n) is 2.28. The second kappa shape index (κ2) is 6.24. The number of ether oxygens (including phenoxy) is 3. The number of esters is 1. The molecule has 2 heterocycles. The van der Waals surface area contributed by atoms with Crippen LogP contribution < -0.4 is 0 Å². The molecular formula is C15H22O4S. The molecule has 1 aliphatic heterocycles. The van der Waals surface area contributed by atoms with Gasteiger partial charge in [-0.2, -0.15) is 0 Å². The Labute approximate surface area is 124 Å². The minimum absolute atomic E-state index is 0.137. The largest absolute Gasteiger partial charge is 0.462 e. The van der Waals surface area contributed by atoms with Gasteiger partial charge in [0.05, 0.1) is 19.3 Å². The number of carbonyl (C=O) groups is 1. The van der Waals surface area contributed by atoms with E-state index in [0.29, 0.717) is 18.1 Å². The van der Waals surface area contributed by atoms with Crippen LogP contribution in [0.4, 0.5) is 0 Å². The minimum Gasteiger partial charge on any atom is -0.462 e. The lowest BCUT2D eigenvalue weighted by atomic mass is 10.1. The van der Waals surface area contributed by atoms with Gasteiger partial charge in [0, 0.05) is 4.88 Å². The third kappa shape index (κ3) is 3.81. The number of thiophene rings is 1. The van der Waals surface area contributed by atoms with Crippen LogP contribution in [0.15, 0.2) is 6.07 Å². The van der Waals surface area contributed by atoms with E-state index in [1.165, 1.54) is 16.2 Å². The molecule has 1 aliphatic rings. The van der Waals surface area contributed by atoms with Gasteiger partial charge in [0.15, 0.2) is 5.79 Å². The van der Waals surface area contributed by atoms with Gasteiger partial charge in [-0.15, -0.1) is 11.3 Å².